The van der Waals surface area contributed by atoms with Crippen molar-refractivity contribution in [1.82, 2.24) is 14.5 Å². The van der Waals surface area contributed by atoms with Crippen molar-refractivity contribution < 1.29 is 4.79 Å². The fourth-order valence-electron chi connectivity index (χ4n) is 3.43. The van der Waals surface area contributed by atoms with E-state index in [2.05, 4.69) is 5.32 Å². The third-order valence-corrected chi connectivity index (χ3v) is 6.10. The van der Waals surface area contributed by atoms with E-state index < -0.39 is 5.69 Å². The minimum absolute atomic E-state index is 0.163. The zero-order chi connectivity index (χ0) is 21.3. The van der Waals surface area contributed by atoms with Crippen LogP contribution in [0.2, 0.25) is 0 Å². The molecule has 0 fully saturated rings. The number of rotatable bonds is 5. The third kappa shape index (κ3) is 3.59. The number of carbonyl (C=O) groups excluding carboxylic acids is 1. The van der Waals surface area contributed by atoms with Gasteiger partial charge in [-0.25, -0.2) is 9.36 Å². The molecule has 4 aromatic rings. The number of nitrogens with zero attached hydrogens (tertiary/aromatic N) is 2. The maximum Gasteiger partial charge on any atom is 0.336 e. The molecule has 0 unspecified atom stereocenters. The highest BCUT2D eigenvalue weighted by molar-refractivity contribution is 7.17. The summed E-state index contributed by atoms with van der Waals surface area (Å²) in [4.78, 5) is 39.0. The molecule has 7 heteroatoms. The molecule has 0 saturated heterocycles. The van der Waals surface area contributed by atoms with Crippen LogP contribution in [0.25, 0.3) is 15.9 Å². The van der Waals surface area contributed by atoms with E-state index in [9.17, 15) is 14.4 Å². The molecule has 1 N–H and O–H groups in total. The number of benzene rings is 2. The Balaban J connectivity index is 1.76. The second kappa shape index (κ2) is 8.12. The molecule has 0 bridgehead atoms. The number of nitrogens with one attached hydrogen (secondary N) is 1. The highest BCUT2D eigenvalue weighted by Gasteiger charge is 2.18. The Kier molecular flexibility index (Phi) is 5.37. The largest absolute Gasteiger partial charge is 0.350 e. The van der Waals surface area contributed by atoms with Crippen molar-refractivity contribution in [2.45, 2.75) is 26.9 Å². The topological polar surface area (TPSA) is 73.1 Å². The van der Waals surface area contributed by atoms with Crippen LogP contribution in [0.3, 0.4) is 0 Å². The standard InChI is InChI=1S/C23H21N3O3S/c1-15-7-6-10-18(16(15)2)26-22(28)21-19(11-12-30-21)25(23(26)29)14-20(27)24-13-17-8-4-3-5-9-17/h3-12H,13-14H2,1-2H3,(H,24,27). The number of aryl methyl sites for hydroxylation is 1. The van der Waals surface area contributed by atoms with Crippen LogP contribution < -0.4 is 16.6 Å². The van der Waals surface area contributed by atoms with Gasteiger partial charge in [-0.2, -0.15) is 0 Å². The van der Waals surface area contributed by atoms with Gasteiger partial charge in [0.05, 0.1) is 11.2 Å². The average molecular weight is 420 g/mol. The first kappa shape index (κ1) is 19.8. The number of aromatic nitrogens is 2. The molecule has 152 valence electrons. The first-order valence-corrected chi connectivity index (χ1v) is 10.5. The summed E-state index contributed by atoms with van der Waals surface area (Å²) < 4.78 is 2.99. The SMILES string of the molecule is Cc1cccc(-n2c(=O)c3sccc3n(CC(=O)NCc3ccccc3)c2=O)c1C. The van der Waals surface area contributed by atoms with Crippen LogP contribution in [-0.2, 0) is 17.9 Å². The Morgan fingerprint density at radius 3 is 2.53 bits per heavy atom. The van der Waals surface area contributed by atoms with E-state index in [-0.39, 0.29) is 18.0 Å². The molecule has 30 heavy (non-hydrogen) atoms. The lowest BCUT2D eigenvalue weighted by Crippen LogP contribution is -2.41. The molecular weight excluding hydrogens is 398 g/mol. The molecule has 2 heterocycles. The molecule has 0 spiro atoms. The van der Waals surface area contributed by atoms with Crippen molar-refractivity contribution in [3.05, 3.63) is 97.5 Å². The quantitative estimate of drug-likeness (QED) is 0.540. The van der Waals surface area contributed by atoms with Crippen molar-refractivity contribution in [2.24, 2.45) is 0 Å². The second-order valence-corrected chi connectivity index (χ2v) is 8.04. The lowest BCUT2D eigenvalue weighted by Gasteiger charge is -2.14. The number of amides is 1. The van der Waals surface area contributed by atoms with E-state index in [1.807, 2.05) is 56.3 Å². The predicted octanol–water partition coefficient (Wildman–Crippen LogP) is 3.15. The van der Waals surface area contributed by atoms with Crippen molar-refractivity contribution in [2.75, 3.05) is 0 Å². The summed E-state index contributed by atoms with van der Waals surface area (Å²) in [5.41, 5.74) is 2.95. The van der Waals surface area contributed by atoms with Crippen molar-refractivity contribution in [3.8, 4) is 5.69 Å². The Labute approximate surface area is 177 Å². The van der Waals surface area contributed by atoms with E-state index in [0.717, 1.165) is 16.7 Å². The summed E-state index contributed by atoms with van der Waals surface area (Å²) in [7, 11) is 0. The fraction of sp³-hybridized carbons (Fsp3) is 0.174. The highest BCUT2D eigenvalue weighted by atomic mass is 32.1. The van der Waals surface area contributed by atoms with Gasteiger partial charge in [-0.3, -0.25) is 14.2 Å². The minimum atomic E-state index is -0.519. The Bertz CT molecular complexity index is 1350. The van der Waals surface area contributed by atoms with Gasteiger partial charge in [-0.1, -0.05) is 42.5 Å². The summed E-state index contributed by atoms with van der Waals surface area (Å²) in [5, 5.41) is 4.60. The second-order valence-electron chi connectivity index (χ2n) is 7.13. The van der Waals surface area contributed by atoms with Crippen LogP contribution in [0.15, 0.2) is 69.6 Å². The first-order valence-electron chi connectivity index (χ1n) is 9.57. The van der Waals surface area contributed by atoms with Gasteiger partial charge in [0, 0.05) is 6.54 Å². The summed E-state index contributed by atoms with van der Waals surface area (Å²) >= 11 is 1.27. The van der Waals surface area contributed by atoms with Crippen LogP contribution in [-0.4, -0.2) is 15.0 Å². The van der Waals surface area contributed by atoms with Crippen LogP contribution in [0.5, 0.6) is 0 Å². The highest BCUT2D eigenvalue weighted by Crippen LogP contribution is 2.19. The van der Waals surface area contributed by atoms with Crippen LogP contribution >= 0.6 is 11.3 Å². The van der Waals surface area contributed by atoms with Crippen molar-refractivity contribution >= 4 is 27.5 Å². The van der Waals surface area contributed by atoms with E-state index in [1.165, 1.54) is 20.5 Å². The van der Waals surface area contributed by atoms with E-state index in [4.69, 9.17) is 0 Å². The normalized spacial score (nSPS) is 11.0. The molecule has 0 aliphatic rings. The maximum absolute atomic E-state index is 13.3. The van der Waals surface area contributed by atoms with Crippen LogP contribution in [0, 0.1) is 13.8 Å². The number of hydrogen-bond donors (Lipinski definition) is 1. The molecule has 2 aromatic carbocycles. The van der Waals surface area contributed by atoms with Crippen molar-refractivity contribution in [1.29, 1.82) is 0 Å². The molecule has 0 aliphatic heterocycles. The molecule has 6 nitrogen and oxygen atoms in total. The average Bonchev–Trinajstić information content (AvgIpc) is 3.24. The molecular formula is C23H21N3O3S. The van der Waals surface area contributed by atoms with E-state index in [1.54, 1.807) is 17.5 Å². The smallest absolute Gasteiger partial charge is 0.336 e. The molecule has 0 aliphatic carbocycles. The maximum atomic E-state index is 13.3. The third-order valence-electron chi connectivity index (χ3n) is 5.21. The van der Waals surface area contributed by atoms with Crippen LogP contribution in [0.1, 0.15) is 16.7 Å². The van der Waals surface area contributed by atoms with Crippen LogP contribution in [0.4, 0.5) is 0 Å². The minimum Gasteiger partial charge on any atom is -0.350 e. The summed E-state index contributed by atoms with van der Waals surface area (Å²) in [6.45, 7) is 4.02. The molecule has 0 saturated carbocycles. The monoisotopic (exact) mass is 419 g/mol. The summed E-state index contributed by atoms with van der Waals surface area (Å²) in [6.07, 6.45) is 0. The van der Waals surface area contributed by atoms with Gasteiger partial charge < -0.3 is 5.32 Å². The van der Waals surface area contributed by atoms with Crippen molar-refractivity contribution in [3.63, 3.8) is 0 Å². The lowest BCUT2D eigenvalue weighted by molar-refractivity contribution is -0.121. The van der Waals surface area contributed by atoms with Gasteiger partial charge in [-0.15, -0.1) is 11.3 Å². The number of fused-ring (bicyclic) bond motifs is 1. The fourth-order valence-corrected chi connectivity index (χ4v) is 4.25. The Morgan fingerprint density at radius 2 is 1.77 bits per heavy atom. The zero-order valence-electron chi connectivity index (χ0n) is 16.7. The van der Waals surface area contributed by atoms with Gasteiger partial charge in [0.1, 0.15) is 11.2 Å². The summed E-state index contributed by atoms with van der Waals surface area (Å²) in [5.74, 6) is -0.292. The van der Waals surface area contributed by atoms with E-state index >= 15 is 0 Å². The number of hydrogen-bond acceptors (Lipinski definition) is 4. The zero-order valence-corrected chi connectivity index (χ0v) is 17.5. The Hall–Kier alpha value is -3.45. The lowest BCUT2D eigenvalue weighted by atomic mass is 10.1. The van der Waals surface area contributed by atoms with Gasteiger partial charge in [0.25, 0.3) is 5.56 Å². The first-order chi connectivity index (χ1) is 14.5. The predicted molar refractivity (Wildman–Crippen MR) is 119 cm³/mol. The Morgan fingerprint density at radius 1 is 1.00 bits per heavy atom. The summed E-state index contributed by atoms with van der Waals surface area (Å²) in [6, 6.07) is 16.8. The number of carbonyl (C=O) groups is 1. The van der Waals surface area contributed by atoms with Gasteiger partial charge in [-0.05, 0) is 48.1 Å². The molecule has 4 rings (SSSR count). The van der Waals surface area contributed by atoms with Gasteiger partial charge >= 0.3 is 5.69 Å². The van der Waals surface area contributed by atoms with E-state index in [0.29, 0.717) is 22.4 Å². The van der Waals surface area contributed by atoms with Gasteiger partial charge in [0.2, 0.25) is 5.91 Å². The molecule has 0 atom stereocenters. The molecule has 1 amide bonds. The molecule has 0 radical (unpaired) electrons. The molecule has 2 aromatic heterocycles. The number of thiophene rings is 1. The van der Waals surface area contributed by atoms with Gasteiger partial charge in [0.15, 0.2) is 0 Å².